The van der Waals surface area contributed by atoms with Crippen LogP contribution in [0.4, 0.5) is 16.2 Å². The molecule has 0 unspecified atom stereocenters. The van der Waals surface area contributed by atoms with Crippen LogP contribution in [0.5, 0.6) is 0 Å². The van der Waals surface area contributed by atoms with Gasteiger partial charge in [-0.15, -0.1) is 0 Å². The van der Waals surface area contributed by atoms with Crippen LogP contribution in [0.15, 0.2) is 42.7 Å². The Hall–Kier alpha value is -3.86. The highest BCUT2D eigenvalue weighted by molar-refractivity contribution is 5.98. The number of amides is 2. The second-order valence-electron chi connectivity index (χ2n) is 5.22. The summed E-state index contributed by atoms with van der Waals surface area (Å²) in [5, 5.41) is 23.1. The van der Waals surface area contributed by atoms with Crippen LogP contribution in [-0.4, -0.2) is 27.1 Å². The van der Waals surface area contributed by atoms with Crippen LogP contribution in [0.3, 0.4) is 0 Å². The van der Waals surface area contributed by atoms with Crippen molar-refractivity contribution in [2.75, 3.05) is 10.6 Å². The van der Waals surface area contributed by atoms with Gasteiger partial charge in [0.2, 0.25) is 5.91 Å². The van der Waals surface area contributed by atoms with Gasteiger partial charge in [-0.1, -0.05) is 12.1 Å². The molecule has 2 amide bonds. The first-order valence-corrected chi connectivity index (χ1v) is 7.31. The van der Waals surface area contributed by atoms with E-state index in [-0.39, 0.29) is 12.3 Å². The molecule has 0 fully saturated rings. The van der Waals surface area contributed by atoms with Gasteiger partial charge in [-0.3, -0.25) is 10.1 Å². The van der Waals surface area contributed by atoms with Crippen LogP contribution in [0, 0.1) is 11.3 Å². The molecule has 3 aromatic rings. The summed E-state index contributed by atoms with van der Waals surface area (Å²) in [6.07, 6.45) is 1.81. The quantitative estimate of drug-likeness (QED) is 0.581. The Kier molecular flexibility index (Phi) is 4.30. The minimum absolute atomic E-state index is 0.217. The van der Waals surface area contributed by atoms with E-state index in [1.165, 1.54) is 6.20 Å². The number of benzene rings is 1. The normalized spacial score (nSPS) is 10.2. The number of aromatic amines is 1. The van der Waals surface area contributed by atoms with E-state index in [9.17, 15) is 9.59 Å². The fraction of sp³-hybridized carbons (Fsp3) is 0.0588. The summed E-state index contributed by atoms with van der Waals surface area (Å²) in [6, 6.07) is 10.6. The lowest BCUT2D eigenvalue weighted by atomic mass is 10.0. The van der Waals surface area contributed by atoms with Gasteiger partial charge in [-0.05, 0) is 23.8 Å². The second-order valence-corrected chi connectivity index (χ2v) is 5.22. The topological polar surface area (TPSA) is 131 Å². The number of nitriles is 1. The molecule has 8 nitrogen and oxygen atoms in total. The molecule has 0 aliphatic carbocycles. The number of nitrogens with zero attached hydrogens (tertiary/aromatic N) is 2. The van der Waals surface area contributed by atoms with Crippen molar-refractivity contribution in [3.05, 3.63) is 42.7 Å². The van der Waals surface area contributed by atoms with Crippen molar-refractivity contribution >= 4 is 34.4 Å². The van der Waals surface area contributed by atoms with Crippen LogP contribution >= 0.6 is 0 Å². The van der Waals surface area contributed by atoms with Crippen molar-refractivity contribution in [2.24, 2.45) is 0 Å². The molecule has 8 heteroatoms. The smallest absolute Gasteiger partial charge is 0.409 e. The summed E-state index contributed by atoms with van der Waals surface area (Å²) >= 11 is 0. The van der Waals surface area contributed by atoms with Crippen LogP contribution < -0.4 is 10.6 Å². The number of hydrogen-bond donors (Lipinski definition) is 4. The third-order valence-corrected chi connectivity index (χ3v) is 3.48. The molecule has 0 bridgehead atoms. The van der Waals surface area contributed by atoms with Gasteiger partial charge in [0.1, 0.15) is 12.1 Å². The van der Waals surface area contributed by atoms with Crippen LogP contribution in [0.1, 0.15) is 6.42 Å². The molecule has 3 rings (SSSR count). The third-order valence-electron chi connectivity index (χ3n) is 3.48. The van der Waals surface area contributed by atoms with Gasteiger partial charge in [-0.2, -0.15) is 5.26 Å². The third kappa shape index (κ3) is 3.56. The number of nitrogens with one attached hydrogen (secondary N) is 3. The van der Waals surface area contributed by atoms with Crippen LogP contribution in [0.25, 0.3) is 22.2 Å². The monoisotopic (exact) mass is 335 g/mol. The van der Waals surface area contributed by atoms with E-state index in [1.807, 2.05) is 6.07 Å². The van der Waals surface area contributed by atoms with Gasteiger partial charge in [0.25, 0.3) is 0 Å². The molecule has 0 spiro atoms. The predicted octanol–water partition coefficient (Wildman–Crippen LogP) is 3.17. The SMILES string of the molecule is N#CCC(=O)Nc1cccc(-c2c[nH]c3ncc(NC(=O)O)cc23)c1. The molecule has 1 aromatic carbocycles. The Morgan fingerprint density at radius 1 is 1.24 bits per heavy atom. The number of hydrogen-bond acceptors (Lipinski definition) is 4. The summed E-state index contributed by atoms with van der Waals surface area (Å²) in [6.45, 7) is 0. The molecule has 0 saturated heterocycles. The number of rotatable bonds is 4. The number of anilines is 2. The van der Waals surface area contributed by atoms with Gasteiger partial charge in [0.05, 0.1) is 18.0 Å². The van der Waals surface area contributed by atoms with Crippen LogP contribution in [0.2, 0.25) is 0 Å². The number of H-pyrrole nitrogens is 1. The average molecular weight is 335 g/mol. The predicted molar refractivity (Wildman–Crippen MR) is 92.0 cm³/mol. The Labute approximate surface area is 142 Å². The molecule has 0 aliphatic heterocycles. The zero-order valence-corrected chi connectivity index (χ0v) is 12.9. The summed E-state index contributed by atoms with van der Waals surface area (Å²) in [5.41, 5.74) is 3.17. The fourth-order valence-electron chi connectivity index (χ4n) is 2.48. The lowest BCUT2D eigenvalue weighted by Gasteiger charge is -2.06. The highest BCUT2D eigenvalue weighted by Crippen LogP contribution is 2.30. The van der Waals surface area contributed by atoms with Crippen molar-refractivity contribution in [3.63, 3.8) is 0 Å². The lowest BCUT2D eigenvalue weighted by Crippen LogP contribution is -2.09. The summed E-state index contributed by atoms with van der Waals surface area (Å²) in [4.78, 5) is 29.6. The lowest BCUT2D eigenvalue weighted by molar-refractivity contribution is -0.115. The number of fused-ring (bicyclic) bond motifs is 1. The van der Waals surface area contributed by atoms with Gasteiger partial charge < -0.3 is 15.4 Å². The van der Waals surface area contributed by atoms with E-state index in [0.717, 1.165) is 16.5 Å². The summed E-state index contributed by atoms with van der Waals surface area (Å²) in [7, 11) is 0. The van der Waals surface area contributed by atoms with E-state index >= 15 is 0 Å². The molecule has 0 atom stereocenters. The van der Waals surface area contributed by atoms with E-state index in [1.54, 1.807) is 36.5 Å². The van der Waals surface area contributed by atoms with E-state index in [2.05, 4.69) is 20.6 Å². The maximum atomic E-state index is 11.6. The first kappa shape index (κ1) is 16.0. The molecule has 0 saturated carbocycles. The number of carboxylic acid groups (broad SMARTS) is 1. The standard InChI is InChI=1S/C17H13N5O3/c18-5-4-15(23)21-11-3-1-2-10(6-11)14-9-20-16-13(14)7-12(8-19-16)22-17(24)25/h1-3,6-9,22H,4H2,(H,19,20)(H,21,23)(H,24,25). The highest BCUT2D eigenvalue weighted by atomic mass is 16.4. The Balaban J connectivity index is 1.97. The molecule has 4 N–H and O–H groups in total. The van der Waals surface area contributed by atoms with Crippen molar-refractivity contribution in [3.8, 4) is 17.2 Å². The van der Waals surface area contributed by atoms with Crippen molar-refractivity contribution in [1.29, 1.82) is 5.26 Å². The van der Waals surface area contributed by atoms with Gasteiger partial charge in [0, 0.05) is 22.8 Å². The number of carbonyl (C=O) groups excluding carboxylic acids is 1. The minimum atomic E-state index is -1.17. The molecule has 124 valence electrons. The van der Waals surface area contributed by atoms with Crippen molar-refractivity contribution < 1.29 is 14.7 Å². The molecular formula is C17H13N5O3. The second kappa shape index (κ2) is 6.72. The number of aromatic nitrogens is 2. The first-order chi connectivity index (χ1) is 12.1. The minimum Gasteiger partial charge on any atom is -0.465 e. The van der Waals surface area contributed by atoms with Crippen molar-refractivity contribution in [2.45, 2.75) is 6.42 Å². The largest absolute Gasteiger partial charge is 0.465 e. The Bertz CT molecular complexity index is 1000. The van der Waals surface area contributed by atoms with Crippen molar-refractivity contribution in [1.82, 2.24) is 9.97 Å². The molecule has 25 heavy (non-hydrogen) atoms. The van der Waals surface area contributed by atoms with E-state index in [0.29, 0.717) is 17.0 Å². The van der Waals surface area contributed by atoms with E-state index in [4.69, 9.17) is 10.4 Å². The number of carbonyl (C=O) groups is 2. The maximum Gasteiger partial charge on any atom is 0.409 e. The van der Waals surface area contributed by atoms with Gasteiger partial charge in [0.15, 0.2) is 0 Å². The van der Waals surface area contributed by atoms with Gasteiger partial charge >= 0.3 is 6.09 Å². The molecule has 2 heterocycles. The summed E-state index contributed by atoms with van der Waals surface area (Å²) < 4.78 is 0. The molecule has 2 aromatic heterocycles. The molecule has 0 aliphatic rings. The highest BCUT2D eigenvalue weighted by Gasteiger charge is 2.10. The summed E-state index contributed by atoms with van der Waals surface area (Å²) in [5.74, 6) is -0.381. The maximum absolute atomic E-state index is 11.6. The Morgan fingerprint density at radius 3 is 2.84 bits per heavy atom. The molecular weight excluding hydrogens is 322 g/mol. The molecule has 0 radical (unpaired) electrons. The zero-order chi connectivity index (χ0) is 17.8. The zero-order valence-electron chi connectivity index (χ0n) is 12.9. The number of pyridine rings is 1. The van der Waals surface area contributed by atoms with E-state index < -0.39 is 6.09 Å². The Morgan fingerprint density at radius 2 is 2.08 bits per heavy atom. The van der Waals surface area contributed by atoms with Gasteiger partial charge in [-0.25, -0.2) is 9.78 Å². The average Bonchev–Trinajstić information content (AvgIpc) is 2.98. The van der Waals surface area contributed by atoms with Crippen LogP contribution in [-0.2, 0) is 4.79 Å². The fourth-order valence-corrected chi connectivity index (χ4v) is 2.48. The first-order valence-electron chi connectivity index (χ1n) is 7.31.